The molecule has 4 nitrogen and oxygen atoms in total. The fourth-order valence-corrected chi connectivity index (χ4v) is 1.47. The summed E-state index contributed by atoms with van der Waals surface area (Å²) in [4.78, 5) is 10.6. The lowest BCUT2D eigenvalue weighted by molar-refractivity contribution is -0.139. The van der Waals surface area contributed by atoms with Gasteiger partial charge in [-0.2, -0.15) is 0 Å². The fourth-order valence-electron chi connectivity index (χ4n) is 1.47. The largest absolute Gasteiger partial charge is 0.480 e. The number of hydrogen-bond acceptors (Lipinski definition) is 3. The average molecular weight is 237 g/mol. The zero-order valence-corrected chi connectivity index (χ0v) is 10.2. The van der Waals surface area contributed by atoms with Crippen LogP contribution in [0.5, 0.6) is 0 Å². The number of aliphatic carboxylic acids is 1. The van der Waals surface area contributed by atoms with Crippen molar-refractivity contribution in [3.63, 3.8) is 0 Å². The van der Waals surface area contributed by atoms with E-state index in [2.05, 4.69) is 5.32 Å². The van der Waals surface area contributed by atoms with Crippen molar-refractivity contribution in [1.29, 1.82) is 0 Å². The second kappa shape index (κ2) is 7.04. The predicted octanol–water partition coefficient (Wildman–Crippen LogP) is 1.65. The van der Waals surface area contributed by atoms with Crippen LogP contribution in [0.4, 0.5) is 0 Å². The summed E-state index contributed by atoms with van der Waals surface area (Å²) in [5, 5.41) is 11.7. The van der Waals surface area contributed by atoms with Crippen LogP contribution in [-0.4, -0.2) is 29.8 Å². The SMILES string of the molecule is CC(COCc1ccccc1)NC(C)C(=O)O. The maximum Gasteiger partial charge on any atom is 0.320 e. The van der Waals surface area contributed by atoms with Crippen molar-refractivity contribution in [2.45, 2.75) is 32.5 Å². The fraction of sp³-hybridized carbons (Fsp3) is 0.462. The van der Waals surface area contributed by atoms with Crippen molar-refractivity contribution < 1.29 is 14.6 Å². The van der Waals surface area contributed by atoms with Crippen LogP contribution in [0, 0.1) is 0 Å². The number of carboxylic acids is 1. The second-order valence-corrected chi connectivity index (χ2v) is 4.13. The minimum absolute atomic E-state index is 0.0183. The first kappa shape index (κ1) is 13.7. The Morgan fingerprint density at radius 3 is 2.59 bits per heavy atom. The van der Waals surface area contributed by atoms with Crippen molar-refractivity contribution in [2.24, 2.45) is 0 Å². The summed E-state index contributed by atoms with van der Waals surface area (Å²) in [6.07, 6.45) is 0. The van der Waals surface area contributed by atoms with E-state index in [1.165, 1.54) is 0 Å². The van der Waals surface area contributed by atoms with Gasteiger partial charge in [0.05, 0.1) is 13.2 Å². The third-order valence-corrected chi connectivity index (χ3v) is 2.38. The van der Waals surface area contributed by atoms with Gasteiger partial charge >= 0.3 is 5.97 Å². The van der Waals surface area contributed by atoms with Crippen LogP contribution >= 0.6 is 0 Å². The molecule has 0 saturated carbocycles. The Kier molecular flexibility index (Phi) is 5.66. The number of nitrogens with one attached hydrogen (secondary N) is 1. The molecule has 0 radical (unpaired) electrons. The van der Waals surface area contributed by atoms with E-state index in [1.54, 1.807) is 6.92 Å². The Hall–Kier alpha value is -1.39. The smallest absolute Gasteiger partial charge is 0.320 e. The molecule has 0 aliphatic heterocycles. The minimum atomic E-state index is -0.847. The zero-order valence-electron chi connectivity index (χ0n) is 10.2. The standard InChI is InChI=1S/C13H19NO3/c1-10(14-11(2)13(15)16)8-17-9-12-6-4-3-5-7-12/h3-7,10-11,14H,8-9H2,1-2H3,(H,15,16). The molecule has 0 bridgehead atoms. The summed E-state index contributed by atoms with van der Waals surface area (Å²) in [6.45, 7) is 4.57. The molecular formula is C13H19NO3. The first-order valence-corrected chi connectivity index (χ1v) is 5.70. The Balaban J connectivity index is 2.20. The minimum Gasteiger partial charge on any atom is -0.480 e. The Morgan fingerprint density at radius 2 is 2.00 bits per heavy atom. The molecule has 2 N–H and O–H groups in total. The van der Waals surface area contributed by atoms with E-state index in [1.807, 2.05) is 37.3 Å². The molecule has 1 rings (SSSR count). The van der Waals surface area contributed by atoms with E-state index in [0.29, 0.717) is 13.2 Å². The van der Waals surface area contributed by atoms with Crippen molar-refractivity contribution in [2.75, 3.05) is 6.61 Å². The van der Waals surface area contributed by atoms with E-state index < -0.39 is 12.0 Å². The predicted molar refractivity (Wildman–Crippen MR) is 65.8 cm³/mol. The first-order chi connectivity index (χ1) is 8.09. The molecule has 0 aliphatic rings. The molecular weight excluding hydrogens is 218 g/mol. The molecule has 4 heteroatoms. The second-order valence-electron chi connectivity index (χ2n) is 4.13. The molecule has 1 aromatic rings. The number of ether oxygens (including phenoxy) is 1. The third-order valence-electron chi connectivity index (χ3n) is 2.38. The van der Waals surface area contributed by atoms with Gasteiger partial charge in [0.15, 0.2) is 0 Å². The van der Waals surface area contributed by atoms with Gasteiger partial charge in [0, 0.05) is 6.04 Å². The van der Waals surface area contributed by atoms with Gasteiger partial charge in [0.1, 0.15) is 6.04 Å². The van der Waals surface area contributed by atoms with Crippen molar-refractivity contribution in [3.8, 4) is 0 Å². The van der Waals surface area contributed by atoms with Crippen LogP contribution < -0.4 is 5.32 Å². The van der Waals surface area contributed by atoms with E-state index in [9.17, 15) is 4.79 Å². The van der Waals surface area contributed by atoms with Crippen molar-refractivity contribution in [3.05, 3.63) is 35.9 Å². The van der Waals surface area contributed by atoms with E-state index >= 15 is 0 Å². The molecule has 0 saturated heterocycles. The van der Waals surface area contributed by atoms with Crippen LogP contribution in [0.1, 0.15) is 19.4 Å². The maximum absolute atomic E-state index is 10.6. The van der Waals surface area contributed by atoms with E-state index in [-0.39, 0.29) is 6.04 Å². The third kappa shape index (κ3) is 5.47. The average Bonchev–Trinajstić information content (AvgIpc) is 2.30. The number of benzene rings is 1. The quantitative estimate of drug-likeness (QED) is 0.757. The molecule has 0 aromatic heterocycles. The Labute approximate surface area is 102 Å². The molecule has 17 heavy (non-hydrogen) atoms. The summed E-state index contributed by atoms with van der Waals surface area (Å²) in [5.74, 6) is -0.847. The maximum atomic E-state index is 10.6. The zero-order chi connectivity index (χ0) is 12.7. The molecule has 1 aromatic carbocycles. The van der Waals surface area contributed by atoms with Crippen LogP contribution in [0.15, 0.2) is 30.3 Å². The molecule has 0 spiro atoms. The summed E-state index contributed by atoms with van der Waals surface area (Å²) in [7, 11) is 0. The van der Waals surface area contributed by atoms with Crippen LogP contribution in [0.25, 0.3) is 0 Å². The number of hydrogen-bond donors (Lipinski definition) is 2. The monoisotopic (exact) mass is 237 g/mol. The number of carbonyl (C=O) groups is 1. The highest BCUT2D eigenvalue weighted by Gasteiger charge is 2.13. The van der Waals surface area contributed by atoms with Gasteiger partial charge in [-0.3, -0.25) is 10.1 Å². The van der Waals surface area contributed by atoms with Crippen LogP contribution in [0.3, 0.4) is 0 Å². The molecule has 0 fully saturated rings. The lowest BCUT2D eigenvalue weighted by atomic mass is 10.2. The molecule has 0 aliphatic carbocycles. The Bertz CT molecular complexity index is 340. The number of carboxylic acid groups (broad SMARTS) is 1. The van der Waals surface area contributed by atoms with Crippen LogP contribution in [-0.2, 0) is 16.1 Å². The number of rotatable bonds is 7. The van der Waals surface area contributed by atoms with E-state index in [0.717, 1.165) is 5.56 Å². The topological polar surface area (TPSA) is 58.6 Å². The van der Waals surface area contributed by atoms with Gasteiger partial charge < -0.3 is 9.84 Å². The molecule has 0 amide bonds. The molecule has 2 unspecified atom stereocenters. The lowest BCUT2D eigenvalue weighted by Crippen LogP contribution is -2.42. The molecule has 94 valence electrons. The van der Waals surface area contributed by atoms with E-state index in [4.69, 9.17) is 9.84 Å². The molecule has 2 atom stereocenters. The Morgan fingerprint density at radius 1 is 1.35 bits per heavy atom. The highest BCUT2D eigenvalue weighted by Crippen LogP contribution is 2.01. The van der Waals surface area contributed by atoms with Gasteiger partial charge in [-0.15, -0.1) is 0 Å². The normalized spacial score (nSPS) is 14.2. The summed E-state index contributed by atoms with van der Waals surface area (Å²) in [5.41, 5.74) is 1.12. The summed E-state index contributed by atoms with van der Waals surface area (Å²) >= 11 is 0. The van der Waals surface area contributed by atoms with Gasteiger partial charge in [0.2, 0.25) is 0 Å². The first-order valence-electron chi connectivity index (χ1n) is 5.70. The highest BCUT2D eigenvalue weighted by molar-refractivity contribution is 5.72. The van der Waals surface area contributed by atoms with Gasteiger partial charge in [-0.05, 0) is 19.4 Å². The van der Waals surface area contributed by atoms with Crippen molar-refractivity contribution in [1.82, 2.24) is 5.32 Å². The van der Waals surface area contributed by atoms with Crippen molar-refractivity contribution >= 4 is 5.97 Å². The highest BCUT2D eigenvalue weighted by atomic mass is 16.5. The summed E-state index contributed by atoms with van der Waals surface area (Å²) < 4.78 is 5.51. The lowest BCUT2D eigenvalue weighted by Gasteiger charge is -2.17. The van der Waals surface area contributed by atoms with Gasteiger partial charge in [0.25, 0.3) is 0 Å². The van der Waals surface area contributed by atoms with Gasteiger partial charge in [-0.1, -0.05) is 30.3 Å². The van der Waals surface area contributed by atoms with Crippen LogP contribution in [0.2, 0.25) is 0 Å². The summed E-state index contributed by atoms with van der Waals surface area (Å²) in [6, 6.07) is 9.35. The van der Waals surface area contributed by atoms with Gasteiger partial charge in [-0.25, -0.2) is 0 Å². The molecule has 0 heterocycles.